The highest BCUT2D eigenvalue weighted by molar-refractivity contribution is 6.50. The largest absolute Gasteiger partial charge is 0.399 e. The Balaban J connectivity index is 2.94. The lowest BCUT2D eigenvalue weighted by atomic mass is 9.77. The van der Waals surface area contributed by atoms with Gasteiger partial charge in [-0.15, -0.1) is 0 Å². The normalized spacial score (nSPS) is 9.00. The Morgan fingerprint density at radius 3 is 2.89 bits per heavy atom. The maximum absolute atomic E-state index is 5.49. The molecule has 0 fully saturated rings. The molecule has 0 aromatic carbocycles. The van der Waals surface area contributed by atoms with E-state index in [-0.39, 0.29) is 0 Å². The van der Waals surface area contributed by atoms with E-state index >= 15 is 0 Å². The van der Waals surface area contributed by atoms with Crippen molar-refractivity contribution in [2.75, 3.05) is 5.73 Å². The predicted octanol–water partition coefficient (Wildman–Crippen LogP) is -0.226. The Morgan fingerprint density at radius 2 is 2.44 bits per heavy atom. The summed E-state index contributed by atoms with van der Waals surface area (Å²) in [4.78, 5) is 4.08. The summed E-state index contributed by atoms with van der Waals surface area (Å²) in [6.45, 7) is 2.06. The monoisotopic (exact) mass is 120 g/mol. The molecule has 0 aliphatic carbocycles. The van der Waals surface area contributed by atoms with Crippen molar-refractivity contribution in [3.8, 4) is 0 Å². The lowest BCUT2D eigenvalue weighted by Gasteiger charge is -1.93. The molecule has 1 rings (SSSR count). The third-order valence-corrected chi connectivity index (χ3v) is 1.20. The summed E-state index contributed by atoms with van der Waals surface area (Å²) in [6.07, 6.45) is 1.73. The molecule has 0 unspecified atom stereocenters. The number of anilines is 1. The second-order valence-electron chi connectivity index (χ2n) is 1.93. The van der Waals surface area contributed by atoms with Gasteiger partial charge in [0.25, 0.3) is 0 Å². The van der Waals surface area contributed by atoms with Crippen molar-refractivity contribution in [1.29, 1.82) is 0 Å². The van der Waals surface area contributed by atoms with Crippen molar-refractivity contribution >= 4 is 18.6 Å². The van der Waals surface area contributed by atoms with Crippen LogP contribution in [0.25, 0.3) is 0 Å². The molecule has 0 amide bonds. The van der Waals surface area contributed by atoms with Gasteiger partial charge in [0.05, 0.1) is 0 Å². The molecule has 2 N–H and O–H groups in total. The fourth-order valence-electron chi connectivity index (χ4n) is 0.690. The molecule has 0 aliphatic rings. The second-order valence-corrected chi connectivity index (χ2v) is 1.93. The molecule has 1 heterocycles. The van der Waals surface area contributed by atoms with Crippen LogP contribution in [0.5, 0.6) is 0 Å². The molecule has 46 valence electrons. The summed E-state index contributed by atoms with van der Waals surface area (Å²) in [6, 6.07) is 3.68. The maximum atomic E-state index is 5.49. The summed E-state index contributed by atoms with van der Waals surface area (Å²) >= 11 is 0. The predicted molar refractivity (Wildman–Crippen MR) is 41.3 cm³/mol. The number of rotatable bonds is 1. The number of aromatic nitrogens is 1. The van der Waals surface area contributed by atoms with Crippen LogP contribution in [0.2, 0.25) is 6.82 Å². The number of nitrogen functional groups attached to an aromatic ring is 1. The van der Waals surface area contributed by atoms with Crippen molar-refractivity contribution in [2.24, 2.45) is 0 Å². The fraction of sp³-hybridized carbons (Fsp3) is 0.167. The van der Waals surface area contributed by atoms with Gasteiger partial charge in [-0.05, 0) is 12.1 Å². The van der Waals surface area contributed by atoms with E-state index < -0.39 is 0 Å². The highest BCUT2D eigenvalue weighted by atomic mass is 14.7. The van der Waals surface area contributed by atoms with Gasteiger partial charge >= 0.3 is 0 Å². The summed E-state index contributed by atoms with van der Waals surface area (Å²) in [5, 5.41) is 0. The number of nitrogens with two attached hydrogens (primary N) is 1. The van der Waals surface area contributed by atoms with E-state index in [1.165, 1.54) is 0 Å². The molecule has 0 radical (unpaired) electrons. The Morgan fingerprint density at radius 1 is 1.67 bits per heavy atom. The van der Waals surface area contributed by atoms with Gasteiger partial charge in [0, 0.05) is 17.5 Å². The molecule has 0 bridgehead atoms. The first-order valence-electron chi connectivity index (χ1n) is 3.03. The third kappa shape index (κ3) is 1.45. The summed E-state index contributed by atoms with van der Waals surface area (Å²) < 4.78 is 0. The second kappa shape index (κ2) is 2.53. The smallest absolute Gasteiger partial charge is 0.179 e. The van der Waals surface area contributed by atoms with Gasteiger partial charge < -0.3 is 5.73 Å². The first kappa shape index (κ1) is 6.14. The van der Waals surface area contributed by atoms with Crippen molar-refractivity contribution in [3.63, 3.8) is 0 Å². The van der Waals surface area contributed by atoms with Crippen LogP contribution in [0, 0.1) is 0 Å². The topological polar surface area (TPSA) is 38.9 Å². The average Bonchev–Trinajstić information content (AvgIpc) is 1.88. The van der Waals surface area contributed by atoms with E-state index in [9.17, 15) is 0 Å². The molecule has 0 saturated carbocycles. The van der Waals surface area contributed by atoms with Crippen LogP contribution >= 0.6 is 0 Å². The lowest BCUT2D eigenvalue weighted by Crippen LogP contribution is -2.14. The van der Waals surface area contributed by atoms with Crippen molar-refractivity contribution in [3.05, 3.63) is 18.3 Å². The molecule has 1 aromatic rings. The quantitative estimate of drug-likeness (QED) is 0.520. The highest BCUT2D eigenvalue weighted by Gasteiger charge is 1.89. The fourth-order valence-corrected chi connectivity index (χ4v) is 0.690. The van der Waals surface area contributed by atoms with Gasteiger partial charge in [-0.3, -0.25) is 4.98 Å². The minimum absolute atomic E-state index is 0.793. The first-order chi connectivity index (χ1) is 4.33. The molecule has 0 atom stereocenters. The Hall–Kier alpha value is -0.985. The van der Waals surface area contributed by atoms with Crippen LogP contribution in [0.4, 0.5) is 5.69 Å². The number of pyridine rings is 1. The Kier molecular flexibility index (Phi) is 1.73. The minimum Gasteiger partial charge on any atom is -0.399 e. The number of nitrogens with zero attached hydrogens (tertiary/aromatic N) is 1. The minimum atomic E-state index is 0.793. The van der Waals surface area contributed by atoms with Crippen LogP contribution in [0.1, 0.15) is 0 Å². The SMILES string of the molecule is CBc1cc(N)ccn1. The van der Waals surface area contributed by atoms with E-state index in [4.69, 9.17) is 5.73 Å². The van der Waals surface area contributed by atoms with Gasteiger partial charge in [0.2, 0.25) is 0 Å². The Labute approximate surface area is 55.3 Å². The number of hydrogen-bond donors (Lipinski definition) is 1. The van der Waals surface area contributed by atoms with Crippen LogP contribution in [-0.4, -0.2) is 12.3 Å². The van der Waals surface area contributed by atoms with Gasteiger partial charge in [-0.2, -0.15) is 0 Å². The maximum Gasteiger partial charge on any atom is 0.179 e. The van der Waals surface area contributed by atoms with E-state index in [0.29, 0.717) is 0 Å². The van der Waals surface area contributed by atoms with Gasteiger partial charge in [0.15, 0.2) is 7.28 Å². The van der Waals surface area contributed by atoms with E-state index in [1.807, 2.05) is 6.07 Å². The summed E-state index contributed by atoms with van der Waals surface area (Å²) in [5.74, 6) is 0. The zero-order chi connectivity index (χ0) is 6.69. The molecule has 0 saturated heterocycles. The zero-order valence-electron chi connectivity index (χ0n) is 5.46. The first-order valence-corrected chi connectivity index (χ1v) is 3.03. The van der Waals surface area contributed by atoms with Gasteiger partial charge in [0.1, 0.15) is 0 Å². The lowest BCUT2D eigenvalue weighted by molar-refractivity contribution is 1.39. The van der Waals surface area contributed by atoms with Crippen molar-refractivity contribution in [1.82, 2.24) is 4.98 Å². The molecular weight excluding hydrogens is 111 g/mol. The van der Waals surface area contributed by atoms with Gasteiger partial charge in [-0.1, -0.05) is 6.82 Å². The van der Waals surface area contributed by atoms with Crippen LogP contribution in [0.15, 0.2) is 18.3 Å². The highest BCUT2D eigenvalue weighted by Crippen LogP contribution is 1.92. The van der Waals surface area contributed by atoms with Crippen LogP contribution in [-0.2, 0) is 0 Å². The van der Waals surface area contributed by atoms with Crippen molar-refractivity contribution in [2.45, 2.75) is 6.82 Å². The molecular formula is C6H9BN2. The Bertz CT molecular complexity index is 200. The number of hydrogen-bond acceptors (Lipinski definition) is 2. The molecule has 0 aliphatic heterocycles. The summed E-state index contributed by atoms with van der Waals surface area (Å²) in [7, 11) is 0.949. The zero-order valence-corrected chi connectivity index (χ0v) is 5.46. The van der Waals surface area contributed by atoms with Gasteiger partial charge in [-0.25, -0.2) is 0 Å². The van der Waals surface area contributed by atoms with Crippen LogP contribution in [0.3, 0.4) is 0 Å². The molecule has 9 heavy (non-hydrogen) atoms. The molecule has 0 spiro atoms. The van der Waals surface area contributed by atoms with E-state index in [0.717, 1.165) is 18.6 Å². The molecule has 2 nitrogen and oxygen atoms in total. The standard InChI is InChI=1S/C6H9BN2/c1-7-6-4-5(8)2-3-9-6/h2-4,7H,1H3,(H2,8,9). The molecule has 1 aromatic heterocycles. The van der Waals surface area contributed by atoms with E-state index in [2.05, 4.69) is 11.8 Å². The third-order valence-electron chi connectivity index (χ3n) is 1.20. The van der Waals surface area contributed by atoms with Crippen LogP contribution < -0.4 is 11.3 Å². The van der Waals surface area contributed by atoms with E-state index in [1.54, 1.807) is 12.3 Å². The van der Waals surface area contributed by atoms with Crippen molar-refractivity contribution < 1.29 is 0 Å². The molecule has 3 heteroatoms. The average molecular weight is 120 g/mol. The summed E-state index contributed by atoms with van der Waals surface area (Å²) in [5.41, 5.74) is 7.34.